The van der Waals surface area contributed by atoms with Gasteiger partial charge in [-0.1, -0.05) is 18.2 Å². The van der Waals surface area contributed by atoms with Crippen LogP contribution in [0.3, 0.4) is 0 Å². The maximum atomic E-state index is 13.1. The molecule has 0 saturated carbocycles. The van der Waals surface area contributed by atoms with Crippen molar-refractivity contribution in [3.8, 4) is 17.2 Å². The van der Waals surface area contributed by atoms with E-state index in [9.17, 15) is 13.2 Å². The van der Waals surface area contributed by atoms with Crippen molar-refractivity contribution in [3.05, 3.63) is 72.8 Å². The Kier molecular flexibility index (Phi) is 6.27. The van der Waals surface area contributed by atoms with Gasteiger partial charge in [0.1, 0.15) is 11.3 Å². The van der Waals surface area contributed by atoms with E-state index in [1.165, 1.54) is 23.5 Å². The van der Waals surface area contributed by atoms with Crippen molar-refractivity contribution in [2.45, 2.75) is 17.7 Å². The number of hydrogen-bond acceptors (Lipinski definition) is 6. The number of nitrogens with zero attached hydrogens (tertiary/aromatic N) is 2. The molecule has 35 heavy (non-hydrogen) atoms. The zero-order chi connectivity index (χ0) is 24.4. The highest BCUT2D eigenvalue weighted by molar-refractivity contribution is 7.89. The molecule has 2 heterocycles. The molecule has 0 aliphatic carbocycles. The fraction of sp³-hybridized carbons (Fsp3) is 0.231. The van der Waals surface area contributed by atoms with Crippen LogP contribution in [-0.2, 0) is 14.8 Å². The van der Waals surface area contributed by atoms with E-state index in [0.717, 1.165) is 11.1 Å². The lowest BCUT2D eigenvalue weighted by Gasteiger charge is -2.31. The van der Waals surface area contributed by atoms with E-state index in [2.05, 4.69) is 10.3 Å². The van der Waals surface area contributed by atoms with Crippen LogP contribution < -0.4 is 10.1 Å². The lowest BCUT2D eigenvalue weighted by molar-refractivity contribution is -0.120. The molecule has 0 spiro atoms. The molecule has 1 fully saturated rings. The third-order valence-electron chi connectivity index (χ3n) is 6.12. The quantitative estimate of drug-likeness (QED) is 0.425. The molecule has 1 unspecified atom stereocenters. The van der Waals surface area contributed by atoms with Crippen molar-refractivity contribution < 1.29 is 22.4 Å². The van der Waals surface area contributed by atoms with E-state index >= 15 is 0 Å². The largest absolute Gasteiger partial charge is 0.497 e. The second-order valence-corrected chi connectivity index (χ2v) is 10.4. The monoisotopic (exact) mass is 491 g/mol. The van der Waals surface area contributed by atoms with Crippen LogP contribution >= 0.6 is 0 Å². The minimum atomic E-state index is -3.70. The van der Waals surface area contributed by atoms with Crippen molar-refractivity contribution in [1.82, 2.24) is 9.29 Å². The van der Waals surface area contributed by atoms with Gasteiger partial charge in [-0.3, -0.25) is 4.79 Å². The van der Waals surface area contributed by atoms with E-state index in [1.54, 1.807) is 24.3 Å². The summed E-state index contributed by atoms with van der Waals surface area (Å²) < 4.78 is 38.6. The van der Waals surface area contributed by atoms with Crippen molar-refractivity contribution in [2.24, 2.45) is 5.92 Å². The molecule has 1 aromatic heterocycles. The SMILES string of the molecule is COc1ccc(S(=O)(=O)N2CCCC(C(=O)Nc3cccc(-c4nc5ccccc5o4)c3)C2)cc1. The molecule has 1 amide bonds. The molecule has 3 aromatic carbocycles. The first kappa shape index (κ1) is 23.1. The smallest absolute Gasteiger partial charge is 0.243 e. The first-order chi connectivity index (χ1) is 16.9. The zero-order valence-corrected chi connectivity index (χ0v) is 20.0. The van der Waals surface area contributed by atoms with Gasteiger partial charge in [-0.15, -0.1) is 0 Å². The van der Waals surface area contributed by atoms with Crippen LogP contribution in [0.15, 0.2) is 82.1 Å². The predicted octanol–water partition coefficient (Wildman–Crippen LogP) is 4.54. The average Bonchev–Trinajstić information content (AvgIpc) is 3.33. The third-order valence-corrected chi connectivity index (χ3v) is 8.00. The molecular formula is C26H25N3O5S. The molecule has 1 saturated heterocycles. The Labute approximate surface area is 203 Å². The van der Waals surface area contributed by atoms with Gasteiger partial charge in [0.05, 0.1) is 17.9 Å². The van der Waals surface area contributed by atoms with Crippen molar-refractivity contribution >= 4 is 32.7 Å². The Morgan fingerprint density at radius 3 is 2.66 bits per heavy atom. The number of anilines is 1. The number of amides is 1. The fourth-order valence-electron chi connectivity index (χ4n) is 4.24. The molecule has 0 radical (unpaired) electrons. The molecule has 1 aliphatic rings. The molecule has 180 valence electrons. The van der Waals surface area contributed by atoms with Crippen LogP contribution in [0.25, 0.3) is 22.6 Å². The van der Waals surface area contributed by atoms with Crippen LogP contribution in [0.5, 0.6) is 5.75 Å². The number of oxazole rings is 1. The van der Waals surface area contributed by atoms with Gasteiger partial charge in [0.2, 0.25) is 21.8 Å². The number of aromatic nitrogens is 1. The molecule has 1 aliphatic heterocycles. The van der Waals surface area contributed by atoms with Crippen LogP contribution in [0.4, 0.5) is 5.69 Å². The number of hydrogen-bond donors (Lipinski definition) is 1. The van der Waals surface area contributed by atoms with Gasteiger partial charge in [0.25, 0.3) is 0 Å². The molecule has 1 N–H and O–H groups in total. The summed E-state index contributed by atoms with van der Waals surface area (Å²) in [5.41, 5.74) is 2.80. The lowest BCUT2D eigenvalue weighted by Crippen LogP contribution is -2.43. The second-order valence-electron chi connectivity index (χ2n) is 8.43. The molecule has 9 heteroatoms. The first-order valence-corrected chi connectivity index (χ1v) is 12.8. The highest BCUT2D eigenvalue weighted by atomic mass is 32.2. The zero-order valence-electron chi connectivity index (χ0n) is 19.2. The highest BCUT2D eigenvalue weighted by Gasteiger charge is 2.33. The minimum Gasteiger partial charge on any atom is -0.497 e. The molecule has 0 bridgehead atoms. The molecule has 5 rings (SSSR count). The second kappa shape index (κ2) is 9.52. The van der Waals surface area contributed by atoms with Crippen LogP contribution in [0.2, 0.25) is 0 Å². The fourth-order valence-corrected chi connectivity index (χ4v) is 5.77. The lowest BCUT2D eigenvalue weighted by atomic mass is 9.98. The van der Waals surface area contributed by atoms with Crippen LogP contribution in [-0.4, -0.2) is 43.8 Å². The first-order valence-electron chi connectivity index (χ1n) is 11.3. The van der Waals surface area contributed by atoms with Crippen molar-refractivity contribution in [1.29, 1.82) is 0 Å². The van der Waals surface area contributed by atoms with Gasteiger partial charge in [0.15, 0.2) is 5.58 Å². The number of sulfonamides is 1. The summed E-state index contributed by atoms with van der Waals surface area (Å²) in [5, 5.41) is 2.94. The van der Waals surface area contributed by atoms with Crippen molar-refractivity contribution in [3.63, 3.8) is 0 Å². The van der Waals surface area contributed by atoms with Gasteiger partial charge in [0, 0.05) is 24.3 Å². The van der Waals surface area contributed by atoms with E-state index in [1.807, 2.05) is 36.4 Å². The summed E-state index contributed by atoms with van der Waals surface area (Å²) in [6.45, 7) is 0.510. The topological polar surface area (TPSA) is 102 Å². The maximum Gasteiger partial charge on any atom is 0.243 e. The summed E-state index contributed by atoms with van der Waals surface area (Å²) in [7, 11) is -2.18. The Morgan fingerprint density at radius 1 is 1.09 bits per heavy atom. The summed E-state index contributed by atoms with van der Waals surface area (Å²) in [6.07, 6.45) is 1.22. The maximum absolute atomic E-state index is 13.1. The normalized spacial score (nSPS) is 16.8. The summed E-state index contributed by atoms with van der Waals surface area (Å²) in [4.78, 5) is 17.8. The Morgan fingerprint density at radius 2 is 1.89 bits per heavy atom. The number of rotatable bonds is 6. The summed E-state index contributed by atoms with van der Waals surface area (Å²) in [5.74, 6) is 0.385. The number of ether oxygens (including phenoxy) is 1. The van der Waals surface area contributed by atoms with Crippen LogP contribution in [0, 0.1) is 5.92 Å². The Hall–Kier alpha value is -3.69. The van der Waals surface area contributed by atoms with Gasteiger partial charge in [-0.05, 0) is 67.4 Å². The van der Waals surface area contributed by atoms with Crippen LogP contribution in [0.1, 0.15) is 12.8 Å². The van der Waals surface area contributed by atoms with Gasteiger partial charge < -0.3 is 14.5 Å². The van der Waals surface area contributed by atoms with Gasteiger partial charge in [-0.25, -0.2) is 13.4 Å². The number of para-hydroxylation sites is 2. The standard InChI is InChI=1S/C26H25N3O5S/c1-33-21-11-13-22(14-12-21)35(31,32)29-15-5-7-19(17-29)25(30)27-20-8-4-6-18(16-20)26-28-23-9-2-3-10-24(23)34-26/h2-4,6,8-14,16,19H,5,7,15,17H2,1H3,(H,27,30). The summed E-state index contributed by atoms with van der Waals surface area (Å²) >= 11 is 0. The highest BCUT2D eigenvalue weighted by Crippen LogP contribution is 2.28. The molecule has 1 atom stereocenters. The molecular weight excluding hydrogens is 466 g/mol. The van der Waals surface area contributed by atoms with E-state index in [4.69, 9.17) is 9.15 Å². The number of methoxy groups -OCH3 is 1. The number of carbonyl (C=O) groups is 1. The number of carbonyl (C=O) groups excluding carboxylic acids is 1. The van der Waals surface area contributed by atoms with Gasteiger partial charge in [-0.2, -0.15) is 4.31 Å². The predicted molar refractivity (Wildman–Crippen MR) is 133 cm³/mol. The Balaban J connectivity index is 1.29. The average molecular weight is 492 g/mol. The van der Waals surface area contributed by atoms with Crippen molar-refractivity contribution in [2.75, 3.05) is 25.5 Å². The molecule has 8 nitrogen and oxygen atoms in total. The van der Waals surface area contributed by atoms with Gasteiger partial charge >= 0.3 is 0 Å². The van der Waals surface area contributed by atoms with E-state index in [-0.39, 0.29) is 17.3 Å². The number of nitrogens with one attached hydrogen (secondary N) is 1. The summed E-state index contributed by atoms with van der Waals surface area (Å²) in [6, 6.07) is 21.1. The van der Waals surface area contributed by atoms with E-state index < -0.39 is 15.9 Å². The third kappa shape index (κ3) is 4.78. The minimum absolute atomic E-state index is 0.130. The number of piperidine rings is 1. The molecule has 4 aromatic rings. The van der Waals surface area contributed by atoms with E-state index in [0.29, 0.717) is 42.3 Å². The Bertz CT molecular complexity index is 1430. The number of benzene rings is 3. The number of fused-ring (bicyclic) bond motifs is 1.